The van der Waals surface area contributed by atoms with Crippen molar-refractivity contribution in [3.8, 4) is 6.07 Å². The summed E-state index contributed by atoms with van der Waals surface area (Å²) in [5.74, 6) is -0.213. The fourth-order valence-electron chi connectivity index (χ4n) is 2.53. The summed E-state index contributed by atoms with van der Waals surface area (Å²) in [5.41, 5.74) is 2.87. The number of hydrogen-bond acceptors (Lipinski definition) is 7. The minimum absolute atomic E-state index is 0.313. The van der Waals surface area contributed by atoms with E-state index in [1.807, 2.05) is 24.4 Å². The van der Waals surface area contributed by atoms with Gasteiger partial charge in [-0.1, -0.05) is 12.1 Å². The predicted molar refractivity (Wildman–Crippen MR) is 118 cm³/mol. The molecule has 6 nitrogen and oxygen atoms in total. The highest BCUT2D eigenvalue weighted by Gasteiger charge is 2.11. The van der Waals surface area contributed by atoms with Crippen LogP contribution in [0.25, 0.3) is 0 Å². The summed E-state index contributed by atoms with van der Waals surface area (Å²) in [6.45, 7) is 1.60. The molecule has 1 N–H and O–H groups in total. The molecule has 0 aliphatic rings. The van der Waals surface area contributed by atoms with Gasteiger partial charge in [0.05, 0.1) is 28.8 Å². The van der Waals surface area contributed by atoms with Gasteiger partial charge in [-0.15, -0.1) is 23.1 Å². The molecule has 1 aromatic heterocycles. The summed E-state index contributed by atoms with van der Waals surface area (Å²) in [4.78, 5) is 29.6. The van der Waals surface area contributed by atoms with E-state index in [9.17, 15) is 9.59 Å². The zero-order valence-corrected chi connectivity index (χ0v) is 17.9. The quantitative estimate of drug-likeness (QED) is 0.409. The third-order valence-electron chi connectivity index (χ3n) is 4.00. The molecule has 0 atom stereocenters. The first-order valence-electron chi connectivity index (χ1n) is 9.10. The summed E-state index contributed by atoms with van der Waals surface area (Å²) in [5, 5.41) is 14.4. The van der Waals surface area contributed by atoms with Crippen LogP contribution in [0, 0.1) is 18.3 Å². The number of rotatable bonds is 8. The number of nitrogens with one attached hydrogen (secondary N) is 1. The second-order valence-electron chi connectivity index (χ2n) is 6.33. The third-order valence-corrected chi connectivity index (χ3v) is 5.87. The molecule has 0 aliphatic heterocycles. The first-order chi connectivity index (χ1) is 14.5. The van der Waals surface area contributed by atoms with Crippen molar-refractivity contribution < 1.29 is 14.3 Å². The van der Waals surface area contributed by atoms with Crippen molar-refractivity contribution in [2.45, 2.75) is 24.0 Å². The highest BCUT2D eigenvalue weighted by Crippen LogP contribution is 2.24. The molecule has 152 valence electrons. The summed E-state index contributed by atoms with van der Waals surface area (Å²) in [6.07, 6.45) is 0.313. The number of anilines is 1. The molecule has 0 aliphatic carbocycles. The van der Waals surface area contributed by atoms with E-state index in [0.717, 1.165) is 26.9 Å². The number of carbonyl (C=O) groups excluding carboxylic acids is 2. The second kappa shape index (κ2) is 10.6. The normalized spacial score (nSPS) is 10.3. The Morgan fingerprint density at radius 2 is 1.90 bits per heavy atom. The number of aromatic nitrogens is 1. The Morgan fingerprint density at radius 1 is 1.17 bits per heavy atom. The maximum Gasteiger partial charge on any atom is 0.338 e. The Labute approximate surface area is 182 Å². The smallest absolute Gasteiger partial charge is 0.338 e. The lowest BCUT2D eigenvalue weighted by Gasteiger charge is -2.07. The number of aryl methyl sites for hydroxylation is 1. The number of thioether (sulfide) groups is 1. The summed E-state index contributed by atoms with van der Waals surface area (Å²) in [6, 6.07) is 16.1. The van der Waals surface area contributed by atoms with Gasteiger partial charge in [-0.3, -0.25) is 4.79 Å². The molecule has 1 heterocycles. The largest absolute Gasteiger partial charge is 0.452 e. The van der Waals surface area contributed by atoms with Crippen LogP contribution in [0.2, 0.25) is 0 Å². The molecular weight excluding hydrogens is 418 g/mol. The highest BCUT2D eigenvalue weighted by atomic mass is 32.2. The van der Waals surface area contributed by atoms with Crippen LogP contribution in [-0.2, 0) is 21.7 Å². The van der Waals surface area contributed by atoms with Crippen LogP contribution in [0.4, 0.5) is 5.69 Å². The van der Waals surface area contributed by atoms with Crippen LogP contribution < -0.4 is 5.32 Å². The monoisotopic (exact) mass is 437 g/mol. The summed E-state index contributed by atoms with van der Waals surface area (Å²) in [7, 11) is 0. The number of thiazole rings is 1. The molecular formula is C22H19N3O3S2. The van der Waals surface area contributed by atoms with E-state index in [0.29, 0.717) is 17.7 Å². The van der Waals surface area contributed by atoms with Gasteiger partial charge in [0, 0.05) is 21.7 Å². The number of amides is 1. The Kier molecular flexibility index (Phi) is 7.60. The standard InChI is InChI=1S/C22H19N3O3S2/c1-15-24-19(13-29-15)14-30-20-8-4-17(5-9-20)22(27)28-12-21(26)25-18-6-2-16(3-7-18)10-11-23/h2-9,13H,10,12,14H2,1H3,(H,25,26). The van der Waals surface area contributed by atoms with Gasteiger partial charge in [-0.05, 0) is 48.9 Å². The zero-order chi connectivity index (χ0) is 21.3. The molecule has 2 aromatic carbocycles. The van der Waals surface area contributed by atoms with Crippen LogP contribution in [0.1, 0.15) is 26.6 Å². The van der Waals surface area contributed by atoms with Gasteiger partial charge in [0.1, 0.15) is 0 Å². The SMILES string of the molecule is Cc1nc(CSc2ccc(C(=O)OCC(=O)Nc3ccc(CC#N)cc3)cc2)cs1. The number of benzene rings is 2. The summed E-state index contributed by atoms with van der Waals surface area (Å²) < 4.78 is 5.09. The Balaban J connectivity index is 1.44. The van der Waals surface area contributed by atoms with Crippen molar-refractivity contribution in [2.75, 3.05) is 11.9 Å². The molecule has 0 saturated heterocycles. The minimum Gasteiger partial charge on any atom is -0.452 e. The van der Waals surface area contributed by atoms with Gasteiger partial charge in [-0.2, -0.15) is 5.26 Å². The molecule has 0 unspecified atom stereocenters. The lowest BCUT2D eigenvalue weighted by atomic mass is 10.1. The van der Waals surface area contributed by atoms with Gasteiger partial charge in [0.2, 0.25) is 0 Å². The van der Waals surface area contributed by atoms with Crippen LogP contribution in [-0.4, -0.2) is 23.5 Å². The van der Waals surface area contributed by atoms with E-state index in [4.69, 9.17) is 10.00 Å². The molecule has 8 heteroatoms. The predicted octanol–water partition coefficient (Wildman–Crippen LogP) is 4.61. The third kappa shape index (κ3) is 6.44. The van der Waals surface area contributed by atoms with Gasteiger partial charge in [-0.25, -0.2) is 9.78 Å². The number of ether oxygens (including phenoxy) is 1. The van der Waals surface area contributed by atoms with Crippen molar-refractivity contribution in [2.24, 2.45) is 0 Å². The van der Waals surface area contributed by atoms with Crippen molar-refractivity contribution >= 4 is 40.7 Å². The molecule has 0 spiro atoms. The first kappa shape index (κ1) is 21.6. The first-order valence-corrected chi connectivity index (χ1v) is 11.0. The number of esters is 1. The zero-order valence-electron chi connectivity index (χ0n) is 16.3. The maximum atomic E-state index is 12.2. The van der Waals surface area contributed by atoms with E-state index >= 15 is 0 Å². The lowest BCUT2D eigenvalue weighted by Crippen LogP contribution is -2.20. The number of carbonyl (C=O) groups is 2. The molecule has 1 amide bonds. The van der Waals surface area contributed by atoms with E-state index in [1.54, 1.807) is 59.5 Å². The van der Waals surface area contributed by atoms with E-state index in [2.05, 4.69) is 16.4 Å². The number of nitrogens with zero attached hydrogens (tertiary/aromatic N) is 2. The van der Waals surface area contributed by atoms with Crippen molar-refractivity contribution in [1.29, 1.82) is 5.26 Å². The molecule has 3 aromatic rings. The highest BCUT2D eigenvalue weighted by molar-refractivity contribution is 7.98. The maximum absolute atomic E-state index is 12.2. The van der Waals surface area contributed by atoms with Crippen LogP contribution in [0.3, 0.4) is 0 Å². The fourth-order valence-corrected chi connectivity index (χ4v) is 4.04. The van der Waals surface area contributed by atoms with Gasteiger partial charge in [0.15, 0.2) is 6.61 Å². The topological polar surface area (TPSA) is 92.1 Å². The molecule has 0 saturated carbocycles. The average Bonchev–Trinajstić information content (AvgIpc) is 3.17. The van der Waals surface area contributed by atoms with Crippen molar-refractivity contribution in [3.63, 3.8) is 0 Å². The minimum atomic E-state index is -0.554. The second-order valence-corrected chi connectivity index (χ2v) is 8.44. The van der Waals surface area contributed by atoms with Crippen LogP contribution in [0.5, 0.6) is 0 Å². The Bertz CT molecular complexity index is 1050. The Morgan fingerprint density at radius 3 is 2.53 bits per heavy atom. The molecule has 3 rings (SSSR count). The van der Waals surface area contributed by atoms with E-state index in [-0.39, 0.29) is 6.61 Å². The van der Waals surface area contributed by atoms with Crippen LogP contribution in [0.15, 0.2) is 58.8 Å². The van der Waals surface area contributed by atoms with Crippen molar-refractivity contribution in [1.82, 2.24) is 4.98 Å². The van der Waals surface area contributed by atoms with E-state index in [1.165, 1.54) is 0 Å². The van der Waals surface area contributed by atoms with E-state index < -0.39 is 11.9 Å². The van der Waals surface area contributed by atoms with Crippen molar-refractivity contribution in [3.05, 3.63) is 75.7 Å². The molecule has 0 fully saturated rings. The molecule has 30 heavy (non-hydrogen) atoms. The van der Waals surface area contributed by atoms with Gasteiger partial charge >= 0.3 is 5.97 Å². The Hall–Kier alpha value is -3.15. The fraction of sp³-hybridized carbons (Fsp3) is 0.182. The summed E-state index contributed by atoms with van der Waals surface area (Å²) >= 11 is 3.27. The average molecular weight is 438 g/mol. The molecule has 0 bridgehead atoms. The lowest BCUT2D eigenvalue weighted by molar-refractivity contribution is -0.119. The number of nitriles is 1. The van der Waals surface area contributed by atoms with Crippen LogP contribution >= 0.6 is 23.1 Å². The number of hydrogen-bond donors (Lipinski definition) is 1. The van der Waals surface area contributed by atoms with Gasteiger partial charge < -0.3 is 10.1 Å². The molecule has 0 radical (unpaired) electrons. The van der Waals surface area contributed by atoms with Gasteiger partial charge in [0.25, 0.3) is 5.91 Å².